The molecule has 0 spiro atoms. The number of nitrogens with zero attached hydrogens (tertiary/aromatic N) is 1. The van der Waals surface area contributed by atoms with Gasteiger partial charge in [0.15, 0.2) is 5.43 Å². The summed E-state index contributed by atoms with van der Waals surface area (Å²) in [6.07, 6.45) is 1.73. The number of benzene rings is 1. The van der Waals surface area contributed by atoms with E-state index < -0.39 is 18.2 Å². The zero-order valence-corrected chi connectivity index (χ0v) is 20.3. The van der Waals surface area contributed by atoms with Crippen LogP contribution in [0.25, 0.3) is 10.9 Å². The number of likely N-dealkylation sites (tertiary alicyclic amines) is 1. The van der Waals surface area contributed by atoms with Gasteiger partial charge in [-0.05, 0) is 49.3 Å². The number of hydrogen-bond acceptors (Lipinski definition) is 5. The van der Waals surface area contributed by atoms with Crippen molar-refractivity contribution in [1.29, 1.82) is 0 Å². The van der Waals surface area contributed by atoms with Gasteiger partial charge in [0.05, 0.1) is 12.6 Å². The molecule has 33 heavy (non-hydrogen) atoms. The topological polar surface area (TPSA) is 121 Å². The predicted molar refractivity (Wildman–Crippen MR) is 127 cm³/mol. The molecule has 3 amide bonds. The predicted octanol–water partition coefficient (Wildman–Crippen LogP) is 2.99. The quantitative estimate of drug-likeness (QED) is 0.561. The molecule has 4 rings (SSSR count). The molecule has 9 nitrogen and oxygen atoms in total. The molecular weight excluding hydrogens is 492 g/mol. The summed E-state index contributed by atoms with van der Waals surface area (Å²) in [5.41, 5.74) is 0.379. The number of methoxy groups -OCH3 is 1. The molecule has 2 bridgehead atoms. The number of fused-ring (bicyclic) bond motifs is 3. The lowest BCUT2D eigenvalue weighted by Crippen LogP contribution is -2.58. The van der Waals surface area contributed by atoms with Crippen LogP contribution in [-0.2, 0) is 14.3 Å². The summed E-state index contributed by atoms with van der Waals surface area (Å²) < 4.78 is 5.48. The average molecular weight is 519 g/mol. The van der Waals surface area contributed by atoms with E-state index in [9.17, 15) is 19.2 Å². The fraction of sp³-hybridized carbons (Fsp3) is 0.478. The lowest BCUT2D eigenvalue weighted by molar-refractivity contribution is -0.143. The number of piperidine rings is 1. The zero-order valence-electron chi connectivity index (χ0n) is 18.7. The van der Waals surface area contributed by atoms with Gasteiger partial charge in [0, 0.05) is 22.0 Å². The highest BCUT2D eigenvalue weighted by Crippen LogP contribution is 2.43. The molecule has 1 aliphatic carbocycles. The van der Waals surface area contributed by atoms with Crippen molar-refractivity contribution in [1.82, 2.24) is 15.2 Å². The largest absolute Gasteiger partial charge is 0.453 e. The molecule has 10 heteroatoms. The molecular formula is C23H27BrN4O5. The number of aromatic amines is 1. The lowest BCUT2D eigenvalue weighted by Gasteiger charge is -2.37. The van der Waals surface area contributed by atoms with Gasteiger partial charge in [-0.25, -0.2) is 4.79 Å². The monoisotopic (exact) mass is 518 g/mol. The summed E-state index contributed by atoms with van der Waals surface area (Å²) in [7, 11) is 1.24. The van der Waals surface area contributed by atoms with Gasteiger partial charge in [0.25, 0.3) is 0 Å². The van der Waals surface area contributed by atoms with Crippen LogP contribution in [0.4, 0.5) is 10.6 Å². The second-order valence-corrected chi connectivity index (χ2v) is 9.92. The number of alkyl carbamates (subject to hydrolysis) is 1. The summed E-state index contributed by atoms with van der Waals surface area (Å²) in [4.78, 5) is 55.9. The maximum Gasteiger partial charge on any atom is 0.407 e. The molecule has 1 aromatic carbocycles. The fourth-order valence-electron chi connectivity index (χ4n) is 5.00. The lowest BCUT2D eigenvalue weighted by atomic mass is 9.95. The number of aromatic nitrogens is 1. The molecule has 1 saturated heterocycles. The van der Waals surface area contributed by atoms with E-state index in [0.717, 1.165) is 23.7 Å². The highest BCUT2D eigenvalue weighted by atomic mass is 79.9. The average Bonchev–Trinajstić information content (AvgIpc) is 3.38. The minimum atomic E-state index is -0.801. The number of pyridine rings is 1. The number of amides is 3. The Labute approximate surface area is 199 Å². The third kappa shape index (κ3) is 4.48. The summed E-state index contributed by atoms with van der Waals surface area (Å²) in [5, 5.41) is 5.93. The van der Waals surface area contributed by atoms with E-state index in [0.29, 0.717) is 10.9 Å². The van der Waals surface area contributed by atoms with Crippen LogP contribution in [0.3, 0.4) is 0 Å². The number of carbonyl (C=O) groups excluding carboxylic acids is 3. The molecule has 1 aliphatic heterocycles. The van der Waals surface area contributed by atoms with Crippen LogP contribution in [0.1, 0.15) is 33.1 Å². The van der Waals surface area contributed by atoms with Gasteiger partial charge < -0.3 is 25.3 Å². The maximum atomic E-state index is 13.5. The first-order chi connectivity index (χ1) is 15.7. The van der Waals surface area contributed by atoms with E-state index in [1.807, 2.05) is 13.8 Å². The molecule has 1 saturated carbocycles. The van der Waals surface area contributed by atoms with Gasteiger partial charge in [0.1, 0.15) is 17.9 Å². The molecule has 3 N–H and O–H groups in total. The Hall–Kier alpha value is -2.88. The normalized spacial score (nSPS) is 22.5. The molecule has 2 fully saturated rings. The maximum absolute atomic E-state index is 13.5. The molecule has 2 aliphatic rings. The number of hydrogen-bond donors (Lipinski definition) is 3. The Morgan fingerprint density at radius 1 is 1.21 bits per heavy atom. The van der Waals surface area contributed by atoms with Gasteiger partial charge in [0.2, 0.25) is 11.8 Å². The van der Waals surface area contributed by atoms with Crippen molar-refractivity contribution in [3.8, 4) is 0 Å². The minimum absolute atomic E-state index is 0.0335. The van der Waals surface area contributed by atoms with Gasteiger partial charge >= 0.3 is 6.09 Å². The van der Waals surface area contributed by atoms with Gasteiger partial charge in [-0.3, -0.25) is 14.4 Å². The number of rotatable bonds is 5. The van der Waals surface area contributed by atoms with Crippen molar-refractivity contribution in [3.05, 3.63) is 39.0 Å². The van der Waals surface area contributed by atoms with Crippen molar-refractivity contribution in [2.24, 2.45) is 11.8 Å². The SMILES string of the molecule is COC(=O)N[C@H](C(=O)N1[C@@H]2CC[C@@H](C2)[C@H]1C(=O)Nc1cc(=O)c2ccc(Br)cc2[nH]1)C(C)C. The van der Waals surface area contributed by atoms with E-state index in [1.165, 1.54) is 13.2 Å². The smallest absolute Gasteiger partial charge is 0.407 e. The van der Waals surface area contributed by atoms with Crippen LogP contribution in [0.5, 0.6) is 0 Å². The van der Waals surface area contributed by atoms with Crippen molar-refractivity contribution in [2.75, 3.05) is 12.4 Å². The standard InChI is InChI=1S/C23H27BrN4O5/c1-11(2)19(27-23(32)33-3)22(31)28-14-6-4-12(8-14)20(28)21(30)26-18-10-17(29)15-7-5-13(24)9-16(15)25-18/h5,7,9-12,14,19-20H,4,6,8H2,1-3H3,(H,27,32)(H2,25,26,29,30)/t12-,14+,19-,20-/m0/s1. The summed E-state index contributed by atoms with van der Waals surface area (Å²) >= 11 is 3.39. The third-order valence-corrected chi connectivity index (χ3v) is 7.04. The molecule has 1 aromatic heterocycles. The second-order valence-electron chi connectivity index (χ2n) is 9.00. The third-order valence-electron chi connectivity index (χ3n) is 6.55. The number of H-pyrrole nitrogens is 1. The van der Waals surface area contributed by atoms with Crippen LogP contribution in [-0.4, -0.2) is 53.0 Å². The number of anilines is 1. The molecule has 176 valence electrons. The zero-order chi connectivity index (χ0) is 23.9. The minimum Gasteiger partial charge on any atom is -0.453 e. The van der Waals surface area contributed by atoms with E-state index >= 15 is 0 Å². The van der Waals surface area contributed by atoms with Crippen molar-refractivity contribution < 1.29 is 19.1 Å². The highest BCUT2D eigenvalue weighted by molar-refractivity contribution is 9.10. The van der Waals surface area contributed by atoms with E-state index in [4.69, 9.17) is 0 Å². The molecule has 0 unspecified atom stereocenters. The Morgan fingerprint density at radius 2 is 1.97 bits per heavy atom. The van der Waals surface area contributed by atoms with Crippen LogP contribution in [0, 0.1) is 11.8 Å². The number of nitrogens with one attached hydrogen (secondary N) is 3. The number of carbonyl (C=O) groups is 3. The van der Waals surface area contributed by atoms with Gasteiger partial charge in [-0.15, -0.1) is 0 Å². The molecule has 4 atom stereocenters. The molecule has 2 heterocycles. The molecule has 0 radical (unpaired) electrons. The molecule has 2 aromatic rings. The van der Waals surface area contributed by atoms with E-state index in [2.05, 4.69) is 36.3 Å². The van der Waals surface area contributed by atoms with Crippen molar-refractivity contribution in [3.63, 3.8) is 0 Å². The summed E-state index contributed by atoms with van der Waals surface area (Å²) in [6.45, 7) is 3.67. The summed E-state index contributed by atoms with van der Waals surface area (Å²) in [5.74, 6) is -0.514. The number of ether oxygens (including phenoxy) is 1. The highest BCUT2D eigenvalue weighted by Gasteiger charge is 2.52. The van der Waals surface area contributed by atoms with Crippen molar-refractivity contribution in [2.45, 2.75) is 51.2 Å². The second kappa shape index (κ2) is 9.17. The first-order valence-corrected chi connectivity index (χ1v) is 11.8. The summed E-state index contributed by atoms with van der Waals surface area (Å²) in [6, 6.07) is 5.09. The Balaban J connectivity index is 1.60. The van der Waals surface area contributed by atoms with Crippen LogP contribution in [0.15, 0.2) is 33.5 Å². The van der Waals surface area contributed by atoms with Gasteiger partial charge in [-0.1, -0.05) is 29.8 Å². The number of halogens is 1. The van der Waals surface area contributed by atoms with Crippen LogP contribution in [0.2, 0.25) is 0 Å². The first kappa shape index (κ1) is 23.3. The van der Waals surface area contributed by atoms with E-state index in [1.54, 1.807) is 23.1 Å². The van der Waals surface area contributed by atoms with Gasteiger partial charge in [-0.2, -0.15) is 0 Å². The fourth-order valence-corrected chi connectivity index (χ4v) is 5.36. The van der Waals surface area contributed by atoms with E-state index in [-0.39, 0.29) is 40.9 Å². The van der Waals surface area contributed by atoms with Crippen LogP contribution < -0.4 is 16.1 Å². The van der Waals surface area contributed by atoms with Crippen LogP contribution >= 0.6 is 15.9 Å². The first-order valence-electron chi connectivity index (χ1n) is 11.0. The Kier molecular flexibility index (Phi) is 6.47. The van der Waals surface area contributed by atoms with Crippen molar-refractivity contribution >= 4 is 50.6 Å². The Bertz CT molecular complexity index is 1160. The Morgan fingerprint density at radius 3 is 2.67 bits per heavy atom.